The molecule has 0 saturated carbocycles. The van der Waals surface area contributed by atoms with Crippen LogP contribution in [0.3, 0.4) is 0 Å². The number of benzene rings is 1. The summed E-state index contributed by atoms with van der Waals surface area (Å²) >= 11 is 0. The highest BCUT2D eigenvalue weighted by molar-refractivity contribution is 5.39. The van der Waals surface area contributed by atoms with Crippen LogP contribution in [0.5, 0.6) is 0 Å². The maximum absolute atomic E-state index is 13.5. The van der Waals surface area contributed by atoms with Gasteiger partial charge in [0, 0.05) is 11.6 Å². The highest BCUT2D eigenvalue weighted by Gasteiger charge is 2.16. The third-order valence-corrected chi connectivity index (χ3v) is 2.61. The van der Waals surface area contributed by atoms with Crippen molar-refractivity contribution in [3.8, 4) is 0 Å². The molecule has 0 aliphatic rings. The predicted molar refractivity (Wildman–Crippen MR) is 62.5 cm³/mol. The summed E-state index contributed by atoms with van der Waals surface area (Å²) in [5.74, 6) is -4.77. The van der Waals surface area contributed by atoms with Crippen LogP contribution in [0.4, 0.5) is 23.4 Å². The number of nitrogens with one attached hydrogen (secondary N) is 1. The summed E-state index contributed by atoms with van der Waals surface area (Å²) in [4.78, 5) is 3.12. The van der Waals surface area contributed by atoms with Gasteiger partial charge in [-0.2, -0.15) is 9.37 Å². The molecule has 1 atom stereocenters. The van der Waals surface area contributed by atoms with Crippen molar-refractivity contribution in [3.63, 3.8) is 0 Å². The van der Waals surface area contributed by atoms with Crippen molar-refractivity contribution < 1.29 is 17.6 Å². The molecule has 19 heavy (non-hydrogen) atoms. The fourth-order valence-corrected chi connectivity index (χ4v) is 1.65. The first kappa shape index (κ1) is 13.3. The molecule has 0 fully saturated rings. The Labute approximate surface area is 107 Å². The van der Waals surface area contributed by atoms with Crippen molar-refractivity contribution in [2.75, 3.05) is 5.32 Å². The zero-order chi connectivity index (χ0) is 14.0. The van der Waals surface area contributed by atoms with Gasteiger partial charge < -0.3 is 5.32 Å². The lowest BCUT2D eigenvalue weighted by Gasteiger charge is -2.16. The molecule has 1 unspecified atom stereocenters. The van der Waals surface area contributed by atoms with Gasteiger partial charge in [-0.05, 0) is 13.0 Å². The van der Waals surface area contributed by atoms with Crippen LogP contribution < -0.4 is 5.32 Å². The lowest BCUT2D eigenvalue weighted by molar-refractivity contribution is 0.465. The monoisotopic (exact) mass is 270 g/mol. The Hall–Kier alpha value is -2.11. The SMILES string of the molecule is CC(Nc1nc(F)c(F)cc1F)c1ccccc1F. The van der Waals surface area contributed by atoms with Crippen LogP contribution in [-0.4, -0.2) is 4.98 Å². The number of halogens is 4. The van der Waals surface area contributed by atoms with Crippen LogP contribution in [0.2, 0.25) is 0 Å². The van der Waals surface area contributed by atoms with E-state index >= 15 is 0 Å². The second-order valence-electron chi connectivity index (χ2n) is 3.98. The molecule has 0 aliphatic carbocycles. The van der Waals surface area contributed by atoms with Crippen LogP contribution in [0.15, 0.2) is 30.3 Å². The van der Waals surface area contributed by atoms with Crippen LogP contribution in [0.1, 0.15) is 18.5 Å². The minimum atomic E-state index is -1.41. The maximum atomic E-state index is 13.5. The Morgan fingerprint density at radius 3 is 2.37 bits per heavy atom. The lowest BCUT2D eigenvalue weighted by atomic mass is 10.1. The van der Waals surface area contributed by atoms with Crippen LogP contribution in [0, 0.1) is 23.4 Å². The first-order valence-electron chi connectivity index (χ1n) is 5.51. The van der Waals surface area contributed by atoms with E-state index in [2.05, 4.69) is 10.3 Å². The Balaban J connectivity index is 2.27. The van der Waals surface area contributed by atoms with E-state index < -0.39 is 35.3 Å². The number of anilines is 1. The second kappa shape index (κ2) is 5.26. The molecular formula is C13H10F4N2. The molecule has 0 aliphatic heterocycles. The van der Waals surface area contributed by atoms with Crippen molar-refractivity contribution in [3.05, 3.63) is 59.3 Å². The molecule has 0 radical (unpaired) electrons. The van der Waals surface area contributed by atoms with Gasteiger partial charge in [-0.15, -0.1) is 0 Å². The van der Waals surface area contributed by atoms with Crippen molar-refractivity contribution in [1.82, 2.24) is 4.98 Å². The van der Waals surface area contributed by atoms with E-state index in [1.165, 1.54) is 18.2 Å². The second-order valence-corrected chi connectivity index (χ2v) is 3.98. The van der Waals surface area contributed by atoms with Crippen LogP contribution >= 0.6 is 0 Å². The molecule has 2 rings (SSSR count). The normalized spacial score (nSPS) is 12.3. The van der Waals surface area contributed by atoms with E-state index in [4.69, 9.17) is 0 Å². The van der Waals surface area contributed by atoms with Gasteiger partial charge in [0.1, 0.15) is 5.82 Å². The van der Waals surface area contributed by atoms with Gasteiger partial charge in [-0.1, -0.05) is 18.2 Å². The molecule has 0 bridgehead atoms. The van der Waals surface area contributed by atoms with Crippen molar-refractivity contribution >= 4 is 5.82 Å². The van der Waals surface area contributed by atoms with Gasteiger partial charge in [0.15, 0.2) is 17.5 Å². The Kier molecular flexibility index (Phi) is 3.69. The molecule has 0 saturated heterocycles. The average Bonchev–Trinajstić information content (AvgIpc) is 2.36. The molecule has 1 heterocycles. The minimum absolute atomic E-state index is 0.272. The quantitative estimate of drug-likeness (QED) is 0.677. The molecule has 0 spiro atoms. The van der Waals surface area contributed by atoms with Crippen molar-refractivity contribution in [1.29, 1.82) is 0 Å². The number of nitrogens with zero attached hydrogens (tertiary/aromatic N) is 1. The van der Waals surface area contributed by atoms with Crippen molar-refractivity contribution in [2.45, 2.75) is 13.0 Å². The van der Waals surface area contributed by atoms with E-state index in [1.807, 2.05) is 0 Å². The van der Waals surface area contributed by atoms with E-state index in [1.54, 1.807) is 13.0 Å². The summed E-state index contributed by atoms with van der Waals surface area (Å²) in [5, 5.41) is 2.50. The standard InChI is InChI=1S/C13H10F4N2/c1-7(8-4-2-3-5-9(8)14)18-13-11(16)6-10(15)12(17)19-13/h2-7H,1H3,(H,18,19). The predicted octanol–water partition coefficient (Wildman–Crippen LogP) is 3.81. The first-order chi connectivity index (χ1) is 8.99. The third-order valence-electron chi connectivity index (χ3n) is 2.61. The molecule has 1 aromatic heterocycles. The summed E-state index contributed by atoms with van der Waals surface area (Å²) in [6.45, 7) is 1.56. The van der Waals surface area contributed by atoms with E-state index in [0.29, 0.717) is 6.07 Å². The summed E-state index contributed by atoms with van der Waals surface area (Å²) in [5.41, 5.74) is 0.272. The topological polar surface area (TPSA) is 24.9 Å². The van der Waals surface area contributed by atoms with Crippen LogP contribution in [-0.2, 0) is 0 Å². The van der Waals surface area contributed by atoms with E-state index in [0.717, 1.165) is 0 Å². The summed E-state index contributed by atoms with van der Waals surface area (Å²) < 4.78 is 52.5. The number of aromatic nitrogens is 1. The first-order valence-corrected chi connectivity index (χ1v) is 5.51. The molecule has 1 aromatic carbocycles. The van der Waals surface area contributed by atoms with E-state index in [-0.39, 0.29) is 5.56 Å². The fraction of sp³-hybridized carbons (Fsp3) is 0.154. The minimum Gasteiger partial charge on any atom is -0.361 e. The van der Waals surface area contributed by atoms with Gasteiger partial charge in [-0.3, -0.25) is 0 Å². The zero-order valence-electron chi connectivity index (χ0n) is 9.92. The van der Waals surface area contributed by atoms with Gasteiger partial charge in [0.2, 0.25) is 0 Å². The number of hydrogen-bond acceptors (Lipinski definition) is 2. The highest BCUT2D eigenvalue weighted by atomic mass is 19.2. The summed E-state index contributed by atoms with van der Waals surface area (Å²) in [7, 11) is 0. The smallest absolute Gasteiger partial charge is 0.251 e. The van der Waals surface area contributed by atoms with Gasteiger partial charge in [-0.25, -0.2) is 13.2 Å². The Morgan fingerprint density at radius 2 is 1.68 bits per heavy atom. The highest BCUT2D eigenvalue weighted by Crippen LogP contribution is 2.22. The number of pyridine rings is 1. The number of hydrogen-bond donors (Lipinski definition) is 1. The number of rotatable bonds is 3. The molecule has 1 N–H and O–H groups in total. The molecule has 2 aromatic rings. The fourth-order valence-electron chi connectivity index (χ4n) is 1.65. The van der Waals surface area contributed by atoms with Crippen LogP contribution in [0.25, 0.3) is 0 Å². The van der Waals surface area contributed by atoms with Gasteiger partial charge in [0.25, 0.3) is 5.95 Å². The van der Waals surface area contributed by atoms with Crippen molar-refractivity contribution in [2.24, 2.45) is 0 Å². The largest absolute Gasteiger partial charge is 0.361 e. The molecule has 100 valence electrons. The Morgan fingerprint density at radius 1 is 1.00 bits per heavy atom. The van der Waals surface area contributed by atoms with Gasteiger partial charge >= 0.3 is 0 Å². The molecular weight excluding hydrogens is 260 g/mol. The molecule has 6 heteroatoms. The summed E-state index contributed by atoms with van der Waals surface area (Å²) in [6.07, 6.45) is 0. The molecule has 0 amide bonds. The average molecular weight is 270 g/mol. The lowest BCUT2D eigenvalue weighted by Crippen LogP contribution is -2.12. The Bertz CT molecular complexity index is 601. The maximum Gasteiger partial charge on any atom is 0.251 e. The van der Waals surface area contributed by atoms with Gasteiger partial charge in [0.05, 0.1) is 6.04 Å². The molecule has 2 nitrogen and oxygen atoms in total. The summed E-state index contributed by atoms with van der Waals surface area (Å²) in [6, 6.07) is 5.63. The van der Waals surface area contributed by atoms with E-state index in [9.17, 15) is 17.6 Å². The zero-order valence-corrected chi connectivity index (χ0v) is 9.92. The third kappa shape index (κ3) is 2.83.